The zero-order valence-corrected chi connectivity index (χ0v) is 15.4. The van der Waals surface area contributed by atoms with Crippen molar-refractivity contribution in [1.29, 1.82) is 0 Å². The molecule has 0 spiro atoms. The normalized spacial score (nSPS) is 19.3. The Bertz CT molecular complexity index is 907. The number of ether oxygens (including phenoxy) is 1. The SMILES string of the molecule is COc1c(F)ccc([C@H]2CN(C)C(=O)[C@@H]2C(=O)Nc2ccccc2F)c1Cl. The van der Waals surface area contributed by atoms with Crippen molar-refractivity contribution in [2.45, 2.75) is 5.92 Å². The molecular weight excluding hydrogens is 378 g/mol. The summed E-state index contributed by atoms with van der Waals surface area (Å²) in [7, 11) is 2.84. The molecule has 2 amide bonds. The Kier molecular flexibility index (Phi) is 5.32. The molecule has 2 aromatic rings. The van der Waals surface area contributed by atoms with Crippen molar-refractivity contribution < 1.29 is 23.1 Å². The fraction of sp³-hybridized carbons (Fsp3) is 0.263. The molecule has 1 heterocycles. The molecule has 1 N–H and O–H groups in total. The van der Waals surface area contributed by atoms with Crippen LogP contribution in [0.4, 0.5) is 14.5 Å². The molecule has 142 valence electrons. The number of halogens is 3. The van der Waals surface area contributed by atoms with Gasteiger partial charge < -0.3 is 15.0 Å². The fourth-order valence-electron chi connectivity index (χ4n) is 3.27. The summed E-state index contributed by atoms with van der Waals surface area (Å²) in [6.45, 7) is 0.211. The molecule has 0 aromatic heterocycles. The van der Waals surface area contributed by atoms with E-state index in [9.17, 15) is 18.4 Å². The fourth-order valence-corrected chi connectivity index (χ4v) is 3.64. The number of likely N-dealkylation sites (N-methyl/N-ethyl adjacent to an activating group) is 1. The number of methoxy groups -OCH3 is 1. The van der Waals surface area contributed by atoms with Gasteiger partial charge in [-0.25, -0.2) is 8.78 Å². The van der Waals surface area contributed by atoms with Crippen molar-refractivity contribution in [2.75, 3.05) is 26.0 Å². The lowest BCUT2D eigenvalue weighted by molar-refractivity contribution is -0.135. The number of hydrogen-bond donors (Lipinski definition) is 1. The van der Waals surface area contributed by atoms with Crippen LogP contribution in [0.2, 0.25) is 5.02 Å². The summed E-state index contributed by atoms with van der Waals surface area (Å²) < 4.78 is 32.7. The molecule has 27 heavy (non-hydrogen) atoms. The maximum atomic E-state index is 13.9. The van der Waals surface area contributed by atoms with Crippen LogP contribution in [0, 0.1) is 17.6 Å². The number of anilines is 1. The molecule has 0 unspecified atom stereocenters. The maximum absolute atomic E-state index is 13.9. The Morgan fingerprint density at radius 2 is 1.93 bits per heavy atom. The summed E-state index contributed by atoms with van der Waals surface area (Å²) in [6, 6.07) is 8.28. The predicted octanol–water partition coefficient (Wildman–Crippen LogP) is 3.44. The molecule has 5 nitrogen and oxygen atoms in total. The van der Waals surface area contributed by atoms with Crippen LogP contribution in [0.25, 0.3) is 0 Å². The third kappa shape index (κ3) is 3.47. The van der Waals surface area contributed by atoms with Gasteiger partial charge in [-0.3, -0.25) is 9.59 Å². The summed E-state index contributed by atoms with van der Waals surface area (Å²) >= 11 is 6.26. The highest BCUT2D eigenvalue weighted by Gasteiger charge is 2.45. The van der Waals surface area contributed by atoms with Gasteiger partial charge >= 0.3 is 0 Å². The van der Waals surface area contributed by atoms with E-state index in [1.165, 1.54) is 42.3 Å². The number of carbonyl (C=O) groups excluding carboxylic acids is 2. The molecule has 0 saturated carbocycles. The van der Waals surface area contributed by atoms with Gasteiger partial charge in [0.15, 0.2) is 11.6 Å². The van der Waals surface area contributed by atoms with Gasteiger partial charge in [0.25, 0.3) is 0 Å². The standard InChI is InChI=1S/C19H17ClF2N2O3/c1-24-9-11(10-7-8-13(22)17(27-2)16(10)20)15(19(24)26)18(25)23-14-6-4-3-5-12(14)21/h3-8,11,15H,9H2,1-2H3,(H,23,25)/t11-,15+/m1/s1. The number of benzene rings is 2. The van der Waals surface area contributed by atoms with Crippen molar-refractivity contribution in [1.82, 2.24) is 4.90 Å². The first kappa shape index (κ1) is 19.1. The van der Waals surface area contributed by atoms with Crippen molar-refractivity contribution in [3.05, 3.63) is 58.6 Å². The smallest absolute Gasteiger partial charge is 0.237 e. The van der Waals surface area contributed by atoms with Crippen LogP contribution in [0.1, 0.15) is 11.5 Å². The average molecular weight is 395 g/mol. The largest absolute Gasteiger partial charge is 0.492 e. The van der Waals surface area contributed by atoms with Gasteiger partial charge in [-0.2, -0.15) is 0 Å². The Labute approximate surface area is 159 Å². The zero-order valence-electron chi connectivity index (χ0n) is 14.6. The Morgan fingerprint density at radius 3 is 2.59 bits per heavy atom. The second-order valence-corrected chi connectivity index (χ2v) is 6.63. The number of para-hydroxylation sites is 1. The molecule has 3 rings (SSSR count). The lowest BCUT2D eigenvalue weighted by Gasteiger charge is -2.19. The lowest BCUT2D eigenvalue weighted by Crippen LogP contribution is -2.33. The van der Waals surface area contributed by atoms with Crippen LogP contribution in [0.5, 0.6) is 5.75 Å². The van der Waals surface area contributed by atoms with E-state index in [0.29, 0.717) is 5.56 Å². The summed E-state index contributed by atoms with van der Waals surface area (Å²) in [5, 5.41) is 2.46. The second-order valence-electron chi connectivity index (χ2n) is 6.26. The molecule has 1 fully saturated rings. The van der Waals surface area contributed by atoms with Crippen molar-refractivity contribution >= 4 is 29.1 Å². The van der Waals surface area contributed by atoms with E-state index in [1.54, 1.807) is 13.1 Å². The number of likely N-dealkylation sites (tertiary alicyclic amines) is 1. The van der Waals surface area contributed by atoms with E-state index in [4.69, 9.17) is 16.3 Å². The van der Waals surface area contributed by atoms with Crippen LogP contribution in [0.15, 0.2) is 36.4 Å². The minimum absolute atomic E-state index is 0.00860. The van der Waals surface area contributed by atoms with Crippen molar-refractivity contribution in [3.63, 3.8) is 0 Å². The van der Waals surface area contributed by atoms with Gasteiger partial charge in [0.1, 0.15) is 11.7 Å². The minimum Gasteiger partial charge on any atom is -0.492 e. The van der Waals surface area contributed by atoms with Gasteiger partial charge in [-0.05, 0) is 23.8 Å². The highest BCUT2D eigenvalue weighted by Crippen LogP contribution is 2.41. The lowest BCUT2D eigenvalue weighted by atomic mass is 9.87. The molecule has 1 saturated heterocycles. The van der Waals surface area contributed by atoms with E-state index in [0.717, 1.165) is 0 Å². The summed E-state index contributed by atoms with van der Waals surface area (Å²) in [6.07, 6.45) is 0. The Morgan fingerprint density at radius 1 is 1.22 bits per heavy atom. The third-order valence-corrected chi connectivity index (χ3v) is 5.00. The second kappa shape index (κ2) is 7.52. The molecule has 0 bridgehead atoms. The molecule has 1 aliphatic rings. The summed E-state index contributed by atoms with van der Waals surface area (Å²) in [5.74, 6) is -4.23. The molecule has 1 aliphatic heterocycles. The quantitative estimate of drug-likeness (QED) is 0.808. The van der Waals surface area contributed by atoms with Gasteiger partial charge in [-0.15, -0.1) is 0 Å². The van der Waals surface area contributed by atoms with Gasteiger partial charge in [0.05, 0.1) is 17.8 Å². The molecule has 0 aliphatic carbocycles. The Hall–Kier alpha value is -2.67. The molecular formula is C19H17ClF2N2O3. The number of nitrogens with zero attached hydrogens (tertiary/aromatic N) is 1. The van der Waals surface area contributed by atoms with Crippen LogP contribution in [0.3, 0.4) is 0 Å². The molecule has 2 atom stereocenters. The summed E-state index contributed by atoms with van der Waals surface area (Å²) in [4.78, 5) is 26.7. The topological polar surface area (TPSA) is 58.6 Å². The third-order valence-electron chi connectivity index (χ3n) is 4.61. The molecule has 8 heteroatoms. The van der Waals surface area contributed by atoms with E-state index in [-0.39, 0.29) is 23.0 Å². The monoisotopic (exact) mass is 394 g/mol. The average Bonchev–Trinajstić information content (AvgIpc) is 2.92. The molecule has 2 aromatic carbocycles. The highest BCUT2D eigenvalue weighted by molar-refractivity contribution is 6.33. The maximum Gasteiger partial charge on any atom is 0.237 e. The van der Waals surface area contributed by atoms with E-state index < -0.39 is 35.3 Å². The number of rotatable bonds is 4. The first-order valence-electron chi connectivity index (χ1n) is 8.17. The number of hydrogen-bond acceptors (Lipinski definition) is 3. The van der Waals surface area contributed by atoms with Crippen LogP contribution < -0.4 is 10.1 Å². The minimum atomic E-state index is -1.12. The van der Waals surface area contributed by atoms with Gasteiger partial charge in [0, 0.05) is 19.5 Å². The van der Waals surface area contributed by atoms with Crippen LogP contribution in [-0.4, -0.2) is 37.4 Å². The van der Waals surface area contributed by atoms with Gasteiger partial charge in [0.2, 0.25) is 11.8 Å². The van der Waals surface area contributed by atoms with E-state index in [2.05, 4.69) is 5.32 Å². The van der Waals surface area contributed by atoms with Crippen LogP contribution >= 0.6 is 11.6 Å². The first-order valence-corrected chi connectivity index (χ1v) is 8.55. The Balaban J connectivity index is 1.97. The zero-order chi connectivity index (χ0) is 19.7. The summed E-state index contributed by atoms with van der Waals surface area (Å²) in [5.41, 5.74) is 0.396. The van der Waals surface area contributed by atoms with Crippen molar-refractivity contribution in [2.24, 2.45) is 5.92 Å². The van der Waals surface area contributed by atoms with Crippen molar-refractivity contribution in [3.8, 4) is 5.75 Å². The highest BCUT2D eigenvalue weighted by atomic mass is 35.5. The number of nitrogens with one attached hydrogen (secondary N) is 1. The first-order chi connectivity index (χ1) is 12.8. The predicted molar refractivity (Wildman–Crippen MR) is 96.9 cm³/mol. The van der Waals surface area contributed by atoms with E-state index in [1.807, 2.05) is 0 Å². The number of amides is 2. The molecule has 0 radical (unpaired) electrons. The van der Waals surface area contributed by atoms with Crippen LogP contribution in [-0.2, 0) is 9.59 Å². The number of carbonyl (C=O) groups is 2. The van der Waals surface area contributed by atoms with Gasteiger partial charge in [-0.1, -0.05) is 29.8 Å². The van der Waals surface area contributed by atoms with E-state index >= 15 is 0 Å².